The van der Waals surface area contributed by atoms with E-state index in [0.717, 1.165) is 19.5 Å². The van der Waals surface area contributed by atoms with E-state index < -0.39 is 0 Å². The molecule has 1 fully saturated rings. The number of nitrogens with one attached hydrogen (secondary N) is 1. The predicted molar refractivity (Wildman–Crippen MR) is 79.8 cm³/mol. The van der Waals surface area contributed by atoms with Crippen molar-refractivity contribution >= 4 is 11.7 Å². The van der Waals surface area contributed by atoms with Gasteiger partial charge in [0, 0.05) is 25.7 Å². The van der Waals surface area contributed by atoms with Crippen LogP contribution in [0.3, 0.4) is 0 Å². The zero-order chi connectivity index (χ0) is 14.5. The monoisotopic (exact) mass is 274 g/mol. The number of amides is 1. The van der Waals surface area contributed by atoms with Crippen LogP contribution < -0.4 is 5.32 Å². The van der Waals surface area contributed by atoms with Crippen molar-refractivity contribution in [1.82, 2.24) is 14.9 Å². The molecule has 0 aromatic carbocycles. The van der Waals surface area contributed by atoms with Crippen LogP contribution in [0.15, 0.2) is 18.7 Å². The van der Waals surface area contributed by atoms with Gasteiger partial charge in [0.05, 0.1) is 0 Å². The molecule has 0 spiro atoms. The topological polar surface area (TPSA) is 58.1 Å². The van der Waals surface area contributed by atoms with Crippen LogP contribution in [0.1, 0.15) is 36.1 Å². The van der Waals surface area contributed by atoms with Crippen molar-refractivity contribution in [2.24, 2.45) is 5.92 Å². The number of nitrogens with zero attached hydrogens (tertiary/aromatic N) is 3. The molecule has 0 saturated carbocycles. The summed E-state index contributed by atoms with van der Waals surface area (Å²) in [5.74, 6) is 1.84. The summed E-state index contributed by atoms with van der Waals surface area (Å²) in [6.45, 7) is 9.89. The van der Waals surface area contributed by atoms with Crippen molar-refractivity contribution in [1.29, 1.82) is 0 Å². The maximum absolute atomic E-state index is 12.5. The maximum atomic E-state index is 12.5. The highest BCUT2D eigenvalue weighted by molar-refractivity contribution is 5.93. The van der Waals surface area contributed by atoms with Crippen molar-refractivity contribution in [3.05, 3.63) is 30.2 Å². The van der Waals surface area contributed by atoms with Gasteiger partial charge in [0.15, 0.2) is 0 Å². The number of likely N-dealkylation sites (tertiary alicyclic amines) is 1. The van der Waals surface area contributed by atoms with Gasteiger partial charge in [-0.15, -0.1) is 6.58 Å². The van der Waals surface area contributed by atoms with Gasteiger partial charge in [-0.3, -0.25) is 4.79 Å². The number of rotatable bonds is 4. The zero-order valence-electron chi connectivity index (χ0n) is 12.2. The standard InChI is InChI=1S/C15H22N4O/c1-4-7-16-14-9-13(17-12(3)18-14)15(20)19-8-5-6-11(2)10-19/h4,9,11H,1,5-8,10H2,2-3H3,(H,16,17,18). The Bertz CT molecular complexity index is 501. The first-order valence-corrected chi connectivity index (χ1v) is 7.10. The van der Waals surface area contributed by atoms with Gasteiger partial charge in [-0.2, -0.15) is 0 Å². The highest BCUT2D eigenvalue weighted by Crippen LogP contribution is 2.18. The van der Waals surface area contributed by atoms with Crippen molar-refractivity contribution in [3.8, 4) is 0 Å². The highest BCUT2D eigenvalue weighted by atomic mass is 16.2. The molecule has 1 aliphatic heterocycles. The number of aromatic nitrogens is 2. The molecule has 1 unspecified atom stereocenters. The first kappa shape index (κ1) is 14.5. The van der Waals surface area contributed by atoms with E-state index >= 15 is 0 Å². The lowest BCUT2D eigenvalue weighted by atomic mass is 10.00. The third kappa shape index (κ3) is 3.56. The van der Waals surface area contributed by atoms with Gasteiger partial charge in [0.1, 0.15) is 17.3 Å². The minimum atomic E-state index is 0.00343. The molecule has 1 amide bonds. The molecule has 1 atom stereocenters. The Hall–Kier alpha value is -1.91. The average Bonchev–Trinajstić information content (AvgIpc) is 2.43. The van der Waals surface area contributed by atoms with E-state index in [-0.39, 0.29) is 5.91 Å². The normalized spacial score (nSPS) is 18.7. The molecule has 0 aliphatic carbocycles. The van der Waals surface area contributed by atoms with Crippen LogP contribution in [0, 0.1) is 12.8 Å². The second-order valence-corrected chi connectivity index (χ2v) is 5.35. The van der Waals surface area contributed by atoms with Crippen LogP contribution in [0.4, 0.5) is 5.82 Å². The number of anilines is 1. The number of hydrogen-bond acceptors (Lipinski definition) is 4. The van der Waals surface area contributed by atoms with E-state index in [9.17, 15) is 4.79 Å². The van der Waals surface area contributed by atoms with Crippen LogP contribution in [-0.2, 0) is 0 Å². The number of carbonyl (C=O) groups is 1. The molecule has 2 rings (SSSR count). The molecule has 2 heterocycles. The Balaban J connectivity index is 2.16. The first-order chi connectivity index (χ1) is 9.60. The fourth-order valence-corrected chi connectivity index (χ4v) is 2.48. The Morgan fingerprint density at radius 1 is 1.60 bits per heavy atom. The summed E-state index contributed by atoms with van der Waals surface area (Å²) in [6.07, 6.45) is 4.02. The summed E-state index contributed by atoms with van der Waals surface area (Å²) >= 11 is 0. The molecule has 5 nitrogen and oxygen atoms in total. The minimum absolute atomic E-state index is 0.00343. The molecule has 1 N–H and O–H groups in total. The quantitative estimate of drug-likeness (QED) is 0.856. The molecule has 1 aromatic heterocycles. The molecule has 1 aliphatic rings. The second-order valence-electron chi connectivity index (χ2n) is 5.35. The van der Waals surface area contributed by atoms with E-state index in [2.05, 4.69) is 28.8 Å². The van der Waals surface area contributed by atoms with Gasteiger partial charge in [-0.25, -0.2) is 9.97 Å². The Morgan fingerprint density at radius 2 is 2.40 bits per heavy atom. The highest BCUT2D eigenvalue weighted by Gasteiger charge is 2.23. The fourth-order valence-electron chi connectivity index (χ4n) is 2.48. The van der Waals surface area contributed by atoms with E-state index in [0.29, 0.717) is 29.8 Å². The minimum Gasteiger partial charge on any atom is -0.366 e. The molecule has 0 bridgehead atoms. The van der Waals surface area contributed by atoms with Gasteiger partial charge in [0.25, 0.3) is 5.91 Å². The summed E-state index contributed by atoms with van der Waals surface area (Å²) in [4.78, 5) is 23.0. The lowest BCUT2D eigenvalue weighted by molar-refractivity contribution is 0.0676. The maximum Gasteiger partial charge on any atom is 0.272 e. The molecule has 20 heavy (non-hydrogen) atoms. The number of carbonyl (C=O) groups excluding carboxylic acids is 1. The second kappa shape index (κ2) is 6.50. The van der Waals surface area contributed by atoms with Crippen LogP contribution >= 0.6 is 0 Å². The van der Waals surface area contributed by atoms with Gasteiger partial charge in [-0.1, -0.05) is 13.0 Å². The summed E-state index contributed by atoms with van der Waals surface area (Å²) in [5, 5.41) is 3.10. The lowest BCUT2D eigenvalue weighted by Crippen LogP contribution is -2.39. The number of hydrogen-bond donors (Lipinski definition) is 1. The smallest absolute Gasteiger partial charge is 0.272 e. The van der Waals surface area contributed by atoms with Crippen LogP contribution in [0.25, 0.3) is 0 Å². The molecule has 1 aromatic rings. The van der Waals surface area contributed by atoms with Crippen molar-refractivity contribution in [3.63, 3.8) is 0 Å². The Labute approximate surface area is 120 Å². The van der Waals surface area contributed by atoms with Gasteiger partial charge in [0.2, 0.25) is 0 Å². The third-order valence-corrected chi connectivity index (χ3v) is 3.43. The van der Waals surface area contributed by atoms with Crippen LogP contribution in [0.2, 0.25) is 0 Å². The molecule has 108 valence electrons. The zero-order valence-corrected chi connectivity index (χ0v) is 12.2. The van der Waals surface area contributed by atoms with E-state index in [1.807, 2.05) is 4.90 Å². The molecule has 5 heteroatoms. The number of aryl methyl sites for hydroxylation is 1. The van der Waals surface area contributed by atoms with Crippen LogP contribution in [0.5, 0.6) is 0 Å². The Morgan fingerprint density at radius 3 is 3.10 bits per heavy atom. The first-order valence-electron chi connectivity index (χ1n) is 7.10. The van der Waals surface area contributed by atoms with Gasteiger partial charge in [-0.05, 0) is 25.7 Å². The summed E-state index contributed by atoms with van der Waals surface area (Å²) in [7, 11) is 0. The van der Waals surface area contributed by atoms with Crippen molar-refractivity contribution in [2.45, 2.75) is 26.7 Å². The van der Waals surface area contributed by atoms with E-state index in [4.69, 9.17) is 0 Å². The van der Waals surface area contributed by atoms with Crippen LogP contribution in [-0.4, -0.2) is 40.4 Å². The fraction of sp³-hybridized carbons (Fsp3) is 0.533. The van der Waals surface area contributed by atoms with Gasteiger partial charge < -0.3 is 10.2 Å². The molecular weight excluding hydrogens is 252 g/mol. The molecule has 1 saturated heterocycles. The van der Waals surface area contributed by atoms with E-state index in [1.54, 1.807) is 19.1 Å². The SMILES string of the molecule is C=CCNc1cc(C(=O)N2CCCC(C)C2)nc(C)n1. The molecular formula is C15H22N4O. The Kier molecular flexibility index (Phi) is 4.71. The van der Waals surface area contributed by atoms with Crippen molar-refractivity contribution in [2.75, 3.05) is 25.0 Å². The average molecular weight is 274 g/mol. The summed E-state index contributed by atoms with van der Waals surface area (Å²) < 4.78 is 0. The summed E-state index contributed by atoms with van der Waals surface area (Å²) in [5.41, 5.74) is 0.471. The summed E-state index contributed by atoms with van der Waals surface area (Å²) in [6, 6.07) is 1.72. The largest absolute Gasteiger partial charge is 0.366 e. The lowest BCUT2D eigenvalue weighted by Gasteiger charge is -2.30. The van der Waals surface area contributed by atoms with Crippen molar-refractivity contribution < 1.29 is 4.79 Å². The predicted octanol–water partition coefficient (Wildman–Crippen LogP) is 2.26. The molecule has 0 radical (unpaired) electrons. The van der Waals surface area contributed by atoms with Gasteiger partial charge >= 0.3 is 0 Å². The number of piperidine rings is 1. The third-order valence-electron chi connectivity index (χ3n) is 3.43. The van der Waals surface area contributed by atoms with E-state index in [1.165, 1.54) is 6.42 Å².